The third kappa shape index (κ3) is 10.7. The van der Waals surface area contributed by atoms with E-state index in [1.54, 1.807) is 26.2 Å². The molecular formula is C17H26F3N5O3S. The number of carbonyl (C=O) groups is 1. The van der Waals surface area contributed by atoms with Crippen molar-refractivity contribution in [3.05, 3.63) is 29.8 Å². The van der Waals surface area contributed by atoms with Gasteiger partial charge in [0.05, 0.1) is 18.0 Å². The van der Waals surface area contributed by atoms with Gasteiger partial charge in [-0.1, -0.05) is 12.1 Å². The van der Waals surface area contributed by atoms with Gasteiger partial charge in [-0.25, -0.2) is 18.5 Å². The lowest BCUT2D eigenvalue weighted by molar-refractivity contribution is -0.135. The van der Waals surface area contributed by atoms with Gasteiger partial charge in [-0.2, -0.15) is 13.2 Å². The van der Waals surface area contributed by atoms with Gasteiger partial charge in [0.1, 0.15) is 0 Å². The predicted molar refractivity (Wildman–Crippen MR) is 104 cm³/mol. The van der Waals surface area contributed by atoms with Crippen LogP contribution in [0.4, 0.5) is 13.2 Å². The molecule has 0 heterocycles. The summed E-state index contributed by atoms with van der Waals surface area (Å²) >= 11 is 0. The van der Waals surface area contributed by atoms with Gasteiger partial charge in [-0.3, -0.25) is 4.79 Å². The van der Waals surface area contributed by atoms with Crippen LogP contribution < -0.4 is 15.8 Å². The summed E-state index contributed by atoms with van der Waals surface area (Å²) < 4.78 is 59.1. The molecule has 8 nitrogen and oxygen atoms in total. The van der Waals surface area contributed by atoms with Crippen LogP contribution in [0.1, 0.15) is 24.8 Å². The van der Waals surface area contributed by atoms with E-state index in [0.29, 0.717) is 5.56 Å². The first-order valence-electron chi connectivity index (χ1n) is 8.79. The van der Waals surface area contributed by atoms with Crippen molar-refractivity contribution < 1.29 is 26.4 Å². The normalized spacial score (nSPS) is 12.6. The number of alkyl halides is 3. The van der Waals surface area contributed by atoms with Crippen LogP contribution in [0.5, 0.6) is 0 Å². The SMILES string of the molecule is CN(C)C(=O)CNC(=NCc1ccc(S(N)(=O)=O)cc1)NCCCCC(F)(F)F. The molecule has 1 aromatic carbocycles. The van der Waals surface area contributed by atoms with Crippen molar-refractivity contribution in [2.75, 3.05) is 27.2 Å². The number of benzene rings is 1. The Morgan fingerprint density at radius 2 is 1.76 bits per heavy atom. The van der Waals surface area contributed by atoms with Gasteiger partial charge in [0.15, 0.2) is 5.96 Å². The minimum Gasteiger partial charge on any atom is -0.356 e. The molecule has 164 valence electrons. The summed E-state index contributed by atoms with van der Waals surface area (Å²) in [7, 11) is -0.597. The third-order valence-corrected chi connectivity index (χ3v) is 4.69. The first-order valence-corrected chi connectivity index (χ1v) is 10.3. The second-order valence-corrected chi connectivity index (χ2v) is 8.06. The van der Waals surface area contributed by atoms with Crippen molar-refractivity contribution in [1.82, 2.24) is 15.5 Å². The zero-order chi connectivity index (χ0) is 22.1. The van der Waals surface area contributed by atoms with Gasteiger partial charge in [0.2, 0.25) is 15.9 Å². The van der Waals surface area contributed by atoms with Gasteiger partial charge in [-0.15, -0.1) is 0 Å². The van der Waals surface area contributed by atoms with E-state index in [1.165, 1.54) is 17.0 Å². The summed E-state index contributed by atoms with van der Waals surface area (Å²) in [5.41, 5.74) is 0.689. The molecule has 4 N–H and O–H groups in total. The smallest absolute Gasteiger partial charge is 0.356 e. The number of nitrogens with two attached hydrogens (primary N) is 1. The number of guanidine groups is 1. The lowest BCUT2D eigenvalue weighted by atomic mass is 10.2. The van der Waals surface area contributed by atoms with E-state index in [9.17, 15) is 26.4 Å². The molecule has 1 amide bonds. The molecule has 0 aromatic heterocycles. The number of hydrogen-bond donors (Lipinski definition) is 3. The lowest BCUT2D eigenvalue weighted by Crippen LogP contribution is -2.43. The molecule has 0 fully saturated rings. The number of primary sulfonamides is 1. The summed E-state index contributed by atoms with van der Waals surface area (Å²) in [6, 6.07) is 5.81. The quantitative estimate of drug-likeness (QED) is 0.305. The fraction of sp³-hybridized carbons (Fsp3) is 0.529. The molecule has 1 aromatic rings. The number of unbranched alkanes of at least 4 members (excludes halogenated alkanes) is 1. The van der Waals surface area contributed by atoms with Gasteiger partial charge in [0, 0.05) is 27.1 Å². The zero-order valence-corrected chi connectivity index (χ0v) is 17.1. The Hall–Kier alpha value is -2.34. The van der Waals surface area contributed by atoms with E-state index in [0.717, 1.165) is 0 Å². The lowest BCUT2D eigenvalue weighted by Gasteiger charge is -2.15. The van der Waals surface area contributed by atoms with Crippen molar-refractivity contribution in [2.45, 2.75) is 36.9 Å². The number of carbonyl (C=O) groups excluding carboxylic acids is 1. The van der Waals surface area contributed by atoms with E-state index in [1.807, 2.05) is 0 Å². The van der Waals surface area contributed by atoms with Crippen LogP contribution in [0.15, 0.2) is 34.2 Å². The molecule has 0 aliphatic rings. The number of likely N-dealkylation sites (N-methyl/N-ethyl adjacent to an activating group) is 1. The fourth-order valence-electron chi connectivity index (χ4n) is 2.10. The molecule has 0 aliphatic carbocycles. The second-order valence-electron chi connectivity index (χ2n) is 6.49. The average Bonchev–Trinajstić information content (AvgIpc) is 2.61. The van der Waals surface area contributed by atoms with Crippen molar-refractivity contribution in [2.24, 2.45) is 10.1 Å². The number of rotatable bonds is 9. The van der Waals surface area contributed by atoms with Crippen molar-refractivity contribution >= 4 is 21.9 Å². The number of aliphatic imine (C=N–C) groups is 1. The maximum Gasteiger partial charge on any atom is 0.389 e. The summed E-state index contributed by atoms with van der Waals surface area (Å²) in [6.45, 7) is 0.382. The van der Waals surface area contributed by atoms with Crippen molar-refractivity contribution in [3.63, 3.8) is 0 Å². The Labute approximate surface area is 168 Å². The molecule has 0 saturated heterocycles. The van der Waals surface area contributed by atoms with Crippen molar-refractivity contribution in [3.8, 4) is 0 Å². The molecule has 0 unspecified atom stereocenters. The number of amides is 1. The number of nitrogens with one attached hydrogen (secondary N) is 2. The van der Waals surface area contributed by atoms with Gasteiger partial charge in [0.25, 0.3) is 0 Å². The Balaban J connectivity index is 2.69. The standard InChI is InChI=1S/C17H26F3N5O3S/c1-25(2)15(26)12-24-16(22-10-4-3-9-17(18,19)20)23-11-13-5-7-14(8-6-13)29(21,27)28/h5-8H,3-4,9-12H2,1-2H3,(H2,21,27,28)(H2,22,23,24). The summed E-state index contributed by atoms with van der Waals surface area (Å²) in [5.74, 6) is 0.0665. The van der Waals surface area contributed by atoms with E-state index < -0.39 is 22.6 Å². The Morgan fingerprint density at radius 3 is 2.28 bits per heavy atom. The molecule has 0 spiro atoms. The van der Waals surface area contributed by atoms with Crippen LogP contribution in [0.2, 0.25) is 0 Å². The Bertz CT molecular complexity index is 794. The van der Waals surface area contributed by atoms with E-state index in [-0.39, 0.29) is 49.2 Å². The topological polar surface area (TPSA) is 117 Å². The molecule has 0 atom stereocenters. The van der Waals surface area contributed by atoms with Gasteiger partial charge < -0.3 is 15.5 Å². The highest BCUT2D eigenvalue weighted by atomic mass is 32.2. The first-order chi connectivity index (χ1) is 13.4. The molecular weight excluding hydrogens is 411 g/mol. The number of hydrogen-bond acceptors (Lipinski definition) is 4. The first kappa shape index (κ1) is 24.7. The highest BCUT2D eigenvalue weighted by molar-refractivity contribution is 7.89. The summed E-state index contributed by atoms with van der Waals surface area (Å²) in [6.07, 6.45) is -4.78. The molecule has 0 saturated carbocycles. The molecule has 0 radical (unpaired) electrons. The van der Waals surface area contributed by atoms with Gasteiger partial charge in [-0.05, 0) is 30.5 Å². The second kappa shape index (κ2) is 11.0. The van der Waals surface area contributed by atoms with Crippen LogP contribution in [0, 0.1) is 0 Å². The molecule has 1 rings (SSSR count). The molecule has 0 bridgehead atoms. The fourth-order valence-corrected chi connectivity index (χ4v) is 2.62. The average molecular weight is 437 g/mol. The van der Waals surface area contributed by atoms with Gasteiger partial charge >= 0.3 is 6.18 Å². The maximum absolute atomic E-state index is 12.2. The van der Waals surface area contributed by atoms with Crippen LogP contribution in [0.25, 0.3) is 0 Å². The van der Waals surface area contributed by atoms with E-state index in [2.05, 4.69) is 15.6 Å². The minimum atomic E-state index is -4.18. The summed E-state index contributed by atoms with van der Waals surface area (Å²) in [5, 5.41) is 10.8. The van der Waals surface area contributed by atoms with Crippen LogP contribution in [0.3, 0.4) is 0 Å². The zero-order valence-electron chi connectivity index (χ0n) is 16.3. The van der Waals surface area contributed by atoms with Crippen LogP contribution >= 0.6 is 0 Å². The number of halogens is 3. The third-order valence-electron chi connectivity index (χ3n) is 3.76. The molecule has 29 heavy (non-hydrogen) atoms. The van der Waals surface area contributed by atoms with Crippen LogP contribution in [-0.4, -0.2) is 58.5 Å². The highest BCUT2D eigenvalue weighted by Crippen LogP contribution is 2.21. The predicted octanol–water partition coefficient (Wildman–Crippen LogP) is 1.19. The molecule has 0 aliphatic heterocycles. The Kier molecular flexibility index (Phi) is 9.37. The largest absolute Gasteiger partial charge is 0.389 e. The van der Waals surface area contributed by atoms with Crippen molar-refractivity contribution in [1.29, 1.82) is 0 Å². The summed E-state index contributed by atoms with van der Waals surface area (Å²) in [4.78, 5) is 17.4. The van der Waals surface area contributed by atoms with E-state index in [4.69, 9.17) is 5.14 Å². The van der Waals surface area contributed by atoms with E-state index >= 15 is 0 Å². The maximum atomic E-state index is 12.2. The number of nitrogens with zero attached hydrogens (tertiary/aromatic N) is 2. The number of sulfonamides is 1. The monoisotopic (exact) mass is 437 g/mol. The minimum absolute atomic E-state index is 0.0184. The molecule has 12 heteroatoms. The highest BCUT2D eigenvalue weighted by Gasteiger charge is 2.25. The van der Waals surface area contributed by atoms with Crippen LogP contribution in [-0.2, 0) is 21.4 Å². The Morgan fingerprint density at radius 1 is 1.14 bits per heavy atom.